The molecule has 0 aromatic heterocycles. The maximum absolute atomic E-state index is 9.62. The van der Waals surface area contributed by atoms with Gasteiger partial charge in [-0.1, -0.05) is 0 Å². The molecule has 0 bridgehead atoms. The van der Waals surface area contributed by atoms with Gasteiger partial charge in [0, 0.05) is 6.04 Å². The molecule has 50 valence electrons. The predicted octanol–water partition coefficient (Wildman–Crippen LogP) is -3.29. The number of hydrogen-bond donors (Lipinski definition) is 1. The normalized spacial score (nSPS) is 12.9. The van der Waals surface area contributed by atoms with Crippen LogP contribution in [0.1, 0.15) is 13.8 Å². The molecule has 0 amide bonds. The van der Waals surface area contributed by atoms with Crippen molar-refractivity contribution < 1.29 is 64.4 Å². The first-order valence-electron chi connectivity index (χ1n) is 2.15. The molecular formula is C3H8KNO3S. The second-order valence-electron chi connectivity index (χ2n) is 1.56. The van der Waals surface area contributed by atoms with Gasteiger partial charge in [-0.2, -0.15) is 5.48 Å². The molecule has 0 fully saturated rings. The maximum atomic E-state index is 9.62. The third kappa shape index (κ3) is 12.8. The molecule has 1 N–H and O–H groups in total. The number of hydrogen-bond acceptors (Lipinski definition) is 4. The smallest absolute Gasteiger partial charge is 0.748 e. The first-order valence-corrected chi connectivity index (χ1v) is 3.15. The molecule has 0 aliphatic heterocycles. The Morgan fingerprint density at radius 1 is 1.67 bits per heavy atom. The van der Waals surface area contributed by atoms with Gasteiger partial charge in [-0.25, -0.2) is 8.49 Å². The zero-order valence-electron chi connectivity index (χ0n) is 5.71. The van der Waals surface area contributed by atoms with Crippen molar-refractivity contribution >= 4 is 11.4 Å². The Morgan fingerprint density at radius 3 is 2.22 bits per heavy atom. The Hall–Kier alpha value is 1.67. The summed E-state index contributed by atoms with van der Waals surface area (Å²) in [5, 5.41) is 0. The zero-order valence-corrected chi connectivity index (χ0v) is 9.65. The van der Waals surface area contributed by atoms with Crippen molar-refractivity contribution in [2.75, 3.05) is 0 Å². The average Bonchev–Trinajstić information content (AvgIpc) is 1.61. The molecule has 0 radical (unpaired) electrons. The summed E-state index contributed by atoms with van der Waals surface area (Å²) in [5.41, 5.74) is 2.23. The largest absolute Gasteiger partial charge is 1.00 e. The fourth-order valence-electron chi connectivity index (χ4n) is 0.136. The van der Waals surface area contributed by atoms with E-state index in [9.17, 15) is 8.76 Å². The third-order valence-corrected chi connectivity index (χ3v) is 0.584. The van der Waals surface area contributed by atoms with Crippen LogP contribution in [0.5, 0.6) is 0 Å². The van der Waals surface area contributed by atoms with Crippen molar-refractivity contribution in [1.29, 1.82) is 0 Å². The summed E-state index contributed by atoms with van der Waals surface area (Å²) in [5.74, 6) is 0. The van der Waals surface area contributed by atoms with Gasteiger partial charge < -0.3 is 4.55 Å². The minimum atomic E-state index is -2.45. The van der Waals surface area contributed by atoms with Crippen LogP contribution in [0.2, 0.25) is 0 Å². The molecular weight excluding hydrogens is 169 g/mol. The Bertz CT molecular complexity index is 89.1. The topological polar surface area (TPSA) is 61.4 Å². The van der Waals surface area contributed by atoms with E-state index in [1.54, 1.807) is 13.8 Å². The van der Waals surface area contributed by atoms with Crippen LogP contribution in [0.4, 0.5) is 0 Å². The molecule has 0 spiro atoms. The molecule has 0 aromatic carbocycles. The Morgan fingerprint density at radius 2 is 2.11 bits per heavy atom. The van der Waals surface area contributed by atoms with Crippen molar-refractivity contribution in [2.24, 2.45) is 0 Å². The molecule has 0 aromatic rings. The van der Waals surface area contributed by atoms with Crippen LogP contribution < -0.4 is 56.9 Å². The van der Waals surface area contributed by atoms with Crippen molar-refractivity contribution in [2.45, 2.75) is 19.9 Å². The molecule has 4 nitrogen and oxygen atoms in total. The van der Waals surface area contributed by atoms with Crippen LogP contribution in [0.3, 0.4) is 0 Å². The molecule has 0 heterocycles. The predicted molar refractivity (Wildman–Crippen MR) is 28.3 cm³/mol. The minimum absolute atomic E-state index is 0. The van der Waals surface area contributed by atoms with Crippen LogP contribution in [-0.2, 0) is 15.6 Å². The molecule has 6 heteroatoms. The van der Waals surface area contributed by atoms with Gasteiger partial charge in [-0.15, -0.1) is 0 Å². The van der Waals surface area contributed by atoms with E-state index in [4.69, 9.17) is 0 Å². The molecule has 0 rings (SSSR count). The summed E-state index contributed by atoms with van der Waals surface area (Å²) < 4.78 is 23.2. The van der Waals surface area contributed by atoms with Crippen LogP contribution in [0, 0.1) is 0 Å². The maximum Gasteiger partial charge on any atom is 1.00 e. The molecule has 0 saturated heterocycles. The fraction of sp³-hybridized carbons (Fsp3) is 1.00. The fourth-order valence-corrected chi connectivity index (χ4v) is 0.407. The van der Waals surface area contributed by atoms with Crippen molar-refractivity contribution in [3.05, 3.63) is 0 Å². The molecule has 9 heavy (non-hydrogen) atoms. The second-order valence-corrected chi connectivity index (χ2v) is 2.13. The Balaban J connectivity index is 0. The number of nitrogens with one attached hydrogen (secondary N) is 1. The van der Waals surface area contributed by atoms with Gasteiger partial charge in [0.2, 0.25) is 0 Å². The van der Waals surface area contributed by atoms with E-state index in [1.807, 2.05) is 0 Å². The van der Waals surface area contributed by atoms with Gasteiger partial charge in [0.1, 0.15) is 11.4 Å². The average molecular weight is 177 g/mol. The van der Waals surface area contributed by atoms with Crippen molar-refractivity contribution in [3.63, 3.8) is 0 Å². The van der Waals surface area contributed by atoms with E-state index >= 15 is 0 Å². The SMILES string of the molecule is CC(C)NOS(=O)[O-].[K+]. The van der Waals surface area contributed by atoms with Gasteiger partial charge in [0.25, 0.3) is 0 Å². The first-order chi connectivity index (χ1) is 3.63. The quantitative estimate of drug-likeness (QED) is 0.279. The molecule has 1 atom stereocenters. The Kier molecular flexibility index (Phi) is 11.5. The summed E-state index contributed by atoms with van der Waals surface area (Å²) in [6, 6.07) is 0.0212. The summed E-state index contributed by atoms with van der Waals surface area (Å²) in [6.07, 6.45) is 0. The third-order valence-electron chi connectivity index (χ3n) is 0.352. The van der Waals surface area contributed by atoms with Crippen LogP contribution in [0.15, 0.2) is 0 Å². The van der Waals surface area contributed by atoms with E-state index in [2.05, 4.69) is 9.76 Å². The summed E-state index contributed by atoms with van der Waals surface area (Å²) in [4.78, 5) is 0. The van der Waals surface area contributed by atoms with Gasteiger partial charge in [0.05, 0.1) is 0 Å². The minimum Gasteiger partial charge on any atom is -0.748 e. The molecule has 0 saturated carbocycles. The van der Waals surface area contributed by atoms with Crippen LogP contribution in [-0.4, -0.2) is 14.8 Å². The molecule has 1 unspecified atom stereocenters. The van der Waals surface area contributed by atoms with Crippen molar-refractivity contribution in [3.8, 4) is 0 Å². The zero-order chi connectivity index (χ0) is 6.57. The summed E-state index contributed by atoms with van der Waals surface area (Å²) in [7, 11) is 0. The standard InChI is InChI=1S/C3H9NO3S.K/c1-3(2)4-7-8(5)6;/h3-4H,1-2H3,(H,5,6);/q;+1/p-1. The summed E-state index contributed by atoms with van der Waals surface area (Å²) in [6.45, 7) is 3.54. The van der Waals surface area contributed by atoms with Gasteiger partial charge in [0.15, 0.2) is 0 Å². The van der Waals surface area contributed by atoms with Gasteiger partial charge in [-0.05, 0) is 13.8 Å². The first kappa shape index (κ1) is 13.3. The molecule has 0 aliphatic carbocycles. The van der Waals surface area contributed by atoms with Gasteiger partial charge >= 0.3 is 51.4 Å². The van der Waals surface area contributed by atoms with E-state index in [1.165, 1.54) is 0 Å². The Labute approximate surface area is 99.6 Å². The van der Waals surface area contributed by atoms with E-state index in [0.717, 1.165) is 0 Å². The van der Waals surface area contributed by atoms with E-state index < -0.39 is 11.4 Å². The number of hydroxylamine groups is 1. The van der Waals surface area contributed by atoms with Crippen LogP contribution in [0.25, 0.3) is 0 Å². The second kappa shape index (κ2) is 7.77. The van der Waals surface area contributed by atoms with Gasteiger partial charge in [-0.3, -0.25) is 0 Å². The number of rotatable bonds is 3. The van der Waals surface area contributed by atoms with E-state index in [-0.39, 0.29) is 57.4 Å². The van der Waals surface area contributed by atoms with Crippen molar-refractivity contribution in [1.82, 2.24) is 5.48 Å². The monoisotopic (exact) mass is 177 g/mol. The van der Waals surface area contributed by atoms with Crippen LogP contribution >= 0.6 is 0 Å². The summed E-state index contributed by atoms with van der Waals surface area (Å²) >= 11 is -2.45. The molecule has 0 aliphatic rings. The van der Waals surface area contributed by atoms with E-state index in [0.29, 0.717) is 0 Å².